The molecular formula is C16H18N2O5. The van der Waals surface area contributed by atoms with Gasteiger partial charge in [0.05, 0.1) is 0 Å². The molecule has 5 N–H and O–H groups in total. The molecule has 0 bridgehead atoms. The summed E-state index contributed by atoms with van der Waals surface area (Å²) in [6.45, 7) is 1.11. The Balaban J connectivity index is 0.000000231. The first kappa shape index (κ1) is 17.8. The Bertz CT molecular complexity index is 639. The number of carbonyl (C=O) groups is 2. The van der Waals surface area contributed by atoms with Crippen LogP contribution in [0.3, 0.4) is 0 Å². The molecule has 1 amide bonds. The van der Waals surface area contributed by atoms with Crippen LogP contribution in [0.15, 0.2) is 48.5 Å². The van der Waals surface area contributed by atoms with Crippen LogP contribution in [0, 0.1) is 0 Å². The van der Waals surface area contributed by atoms with E-state index in [-0.39, 0.29) is 18.3 Å². The zero-order valence-electron chi connectivity index (χ0n) is 12.5. The number of carboxylic acids is 1. The van der Waals surface area contributed by atoms with Gasteiger partial charge in [0.25, 0.3) is 0 Å². The van der Waals surface area contributed by atoms with E-state index in [0.717, 1.165) is 0 Å². The van der Waals surface area contributed by atoms with Crippen LogP contribution in [0.4, 0.5) is 11.4 Å². The molecule has 0 heterocycles. The highest BCUT2D eigenvalue weighted by Crippen LogP contribution is 2.13. The summed E-state index contributed by atoms with van der Waals surface area (Å²) in [7, 11) is 0. The number of nitrogens with two attached hydrogens (primary N) is 1. The number of nitrogens with one attached hydrogen (secondary N) is 1. The minimum absolute atomic E-state index is 0.115. The van der Waals surface area contributed by atoms with Crippen molar-refractivity contribution in [2.24, 2.45) is 0 Å². The highest BCUT2D eigenvalue weighted by Gasteiger charge is 1.97. The summed E-state index contributed by atoms with van der Waals surface area (Å²) in [6.07, 6.45) is 0. The van der Waals surface area contributed by atoms with Gasteiger partial charge in [0, 0.05) is 18.3 Å². The molecule has 7 nitrogen and oxygen atoms in total. The highest BCUT2D eigenvalue weighted by molar-refractivity contribution is 5.88. The van der Waals surface area contributed by atoms with Crippen molar-refractivity contribution in [3.63, 3.8) is 0 Å². The topological polar surface area (TPSA) is 122 Å². The Morgan fingerprint density at radius 2 is 1.65 bits per heavy atom. The van der Waals surface area contributed by atoms with E-state index in [9.17, 15) is 9.59 Å². The fraction of sp³-hybridized carbons (Fsp3) is 0.125. The predicted octanol–water partition coefficient (Wildman–Crippen LogP) is 2.08. The largest absolute Gasteiger partial charge is 0.508 e. The normalized spacial score (nSPS) is 9.26. The molecule has 2 aromatic carbocycles. The van der Waals surface area contributed by atoms with Crippen LogP contribution in [-0.4, -0.2) is 28.7 Å². The molecule has 0 aliphatic heterocycles. The van der Waals surface area contributed by atoms with E-state index in [1.807, 2.05) is 0 Å². The molecule has 0 unspecified atom stereocenters. The first-order valence-electron chi connectivity index (χ1n) is 6.63. The van der Waals surface area contributed by atoms with Crippen molar-refractivity contribution in [1.82, 2.24) is 0 Å². The number of carboxylic acid groups (broad SMARTS) is 1. The summed E-state index contributed by atoms with van der Waals surface area (Å²) in [5.41, 5.74) is 6.72. The van der Waals surface area contributed by atoms with E-state index in [1.165, 1.54) is 19.1 Å². The molecule has 122 valence electrons. The highest BCUT2D eigenvalue weighted by atomic mass is 16.5. The standard InChI is InChI=1S/C8H9NO3.C8H9NO2/c9-6-1-3-7(4-2-6)12-5-8(10)11;1-6(10)9-7-2-4-8(11)5-3-7/h1-4H,5,9H2,(H,10,11);2-5,11H,1H3,(H,9,10). The van der Waals surface area contributed by atoms with E-state index < -0.39 is 5.97 Å². The van der Waals surface area contributed by atoms with E-state index in [0.29, 0.717) is 17.1 Å². The first-order chi connectivity index (χ1) is 10.9. The van der Waals surface area contributed by atoms with Crippen LogP contribution in [0.5, 0.6) is 11.5 Å². The van der Waals surface area contributed by atoms with Gasteiger partial charge in [-0.2, -0.15) is 0 Å². The lowest BCUT2D eigenvalue weighted by molar-refractivity contribution is -0.139. The summed E-state index contributed by atoms with van der Waals surface area (Å²) in [5, 5.41) is 19.7. The van der Waals surface area contributed by atoms with Gasteiger partial charge >= 0.3 is 5.97 Å². The molecule has 0 saturated carbocycles. The van der Waals surface area contributed by atoms with Crippen LogP contribution in [-0.2, 0) is 9.59 Å². The quantitative estimate of drug-likeness (QED) is 0.506. The lowest BCUT2D eigenvalue weighted by Gasteiger charge is -2.01. The number of aromatic hydroxyl groups is 1. The van der Waals surface area contributed by atoms with Crippen molar-refractivity contribution in [3.8, 4) is 11.5 Å². The van der Waals surface area contributed by atoms with Crippen molar-refractivity contribution in [3.05, 3.63) is 48.5 Å². The third-order valence-corrected chi connectivity index (χ3v) is 2.43. The molecule has 0 radical (unpaired) electrons. The maximum absolute atomic E-state index is 10.5. The van der Waals surface area contributed by atoms with Gasteiger partial charge in [0.15, 0.2) is 6.61 Å². The number of nitrogen functional groups attached to an aromatic ring is 1. The second-order valence-electron chi connectivity index (χ2n) is 4.48. The number of benzene rings is 2. The summed E-state index contributed by atoms with van der Waals surface area (Å²) in [4.78, 5) is 20.6. The minimum atomic E-state index is -0.994. The molecular weight excluding hydrogens is 300 g/mol. The van der Waals surface area contributed by atoms with Crippen LogP contribution < -0.4 is 15.8 Å². The number of hydrogen-bond donors (Lipinski definition) is 4. The van der Waals surface area contributed by atoms with Crippen molar-refractivity contribution in [2.45, 2.75) is 6.92 Å². The fourth-order valence-corrected chi connectivity index (χ4v) is 1.46. The molecule has 0 aliphatic carbocycles. The molecule has 7 heteroatoms. The van der Waals surface area contributed by atoms with Crippen molar-refractivity contribution < 1.29 is 24.5 Å². The number of aliphatic carboxylic acids is 1. The molecule has 0 atom stereocenters. The zero-order valence-corrected chi connectivity index (χ0v) is 12.5. The monoisotopic (exact) mass is 318 g/mol. The first-order valence-corrected chi connectivity index (χ1v) is 6.63. The smallest absolute Gasteiger partial charge is 0.341 e. The second kappa shape index (κ2) is 8.93. The van der Waals surface area contributed by atoms with E-state index in [4.69, 9.17) is 20.7 Å². The fourth-order valence-electron chi connectivity index (χ4n) is 1.46. The number of ether oxygens (including phenoxy) is 1. The Kier molecular flexibility index (Phi) is 6.93. The summed E-state index contributed by atoms with van der Waals surface area (Å²) < 4.78 is 4.87. The van der Waals surface area contributed by atoms with Gasteiger partial charge in [-0.1, -0.05) is 0 Å². The van der Waals surface area contributed by atoms with Crippen LogP contribution >= 0.6 is 0 Å². The number of carbonyl (C=O) groups excluding carboxylic acids is 1. The average molecular weight is 318 g/mol. The Hall–Kier alpha value is -3.22. The Morgan fingerprint density at radius 1 is 1.09 bits per heavy atom. The zero-order chi connectivity index (χ0) is 17.2. The number of hydrogen-bond acceptors (Lipinski definition) is 5. The molecule has 0 aliphatic rings. The molecule has 2 rings (SSSR count). The predicted molar refractivity (Wildman–Crippen MR) is 86.4 cm³/mol. The maximum atomic E-state index is 10.5. The number of phenolic OH excluding ortho intramolecular Hbond substituents is 1. The number of amides is 1. The SMILES string of the molecule is CC(=O)Nc1ccc(O)cc1.Nc1ccc(OCC(=O)O)cc1. The van der Waals surface area contributed by atoms with Gasteiger partial charge in [0.2, 0.25) is 5.91 Å². The number of anilines is 2. The number of rotatable bonds is 4. The van der Waals surface area contributed by atoms with Gasteiger partial charge in [0.1, 0.15) is 11.5 Å². The summed E-state index contributed by atoms with van der Waals surface area (Å²) in [6, 6.07) is 12.9. The van der Waals surface area contributed by atoms with E-state index in [1.54, 1.807) is 36.4 Å². The van der Waals surface area contributed by atoms with Gasteiger partial charge in [-0.3, -0.25) is 4.79 Å². The molecule has 0 spiro atoms. The third-order valence-electron chi connectivity index (χ3n) is 2.43. The molecule has 0 aromatic heterocycles. The second-order valence-corrected chi connectivity index (χ2v) is 4.48. The Morgan fingerprint density at radius 3 is 2.13 bits per heavy atom. The van der Waals surface area contributed by atoms with Crippen molar-refractivity contribution >= 4 is 23.3 Å². The van der Waals surface area contributed by atoms with Gasteiger partial charge < -0.3 is 26.0 Å². The van der Waals surface area contributed by atoms with Crippen LogP contribution in [0.1, 0.15) is 6.92 Å². The molecule has 23 heavy (non-hydrogen) atoms. The lowest BCUT2D eigenvalue weighted by Crippen LogP contribution is -2.09. The average Bonchev–Trinajstić information content (AvgIpc) is 2.49. The minimum Gasteiger partial charge on any atom is -0.508 e. The summed E-state index contributed by atoms with van der Waals surface area (Å²) in [5.74, 6) is -0.409. The molecule has 2 aromatic rings. The van der Waals surface area contributed by atoms with Gasteiger partial charge in [-0.05, 0) is 48.5 Å². The van der Waals surface area contributed by atoms with Crippen molar-refractivity contribution in [1.29, 1.82) is 0 Å². The van der Waals surface area contributed by atoms with Gasteiger partial charge in [-0.15, -0.1) is 0 Å². The van der Waals surface area contributed by atoms with Gasteiger partial charge in [-0.25, -0.2) is 4.79 Å². The molecule has 0 fully saturated rings. The third kappa shape index (κ3) is 7.96. The number of phenols is 1. The lowest BCUT2D eigenvalue weighted by atomic mass is 10.3. The van der Waals surface area contributed by atoms with E-state index in [2.05, 4.69) is 5.32 Å². The maximum Gasteiger partial charge on any atom is 0.341 e. The van der Waals surface area contributed by atoms with Crippen LogP contribution in [0.25, 0.3) is 0 Å². The van der Waals surface area contributed by atoms with Crippen molar-refractivity contribution in [2.75, 3.05) is 17.7 Å². The Labute approximate surface area is 133 Å². The molecule has 0 saturated heterocycles. The van der Waals surface area contributed by atoms with E-state index >= 15 is 0 Å². The summed E-state index contributed by atoms with van der Waals surface area (Å²) >= 11 is 0. The van der Waals surface area contributed by atoms with Crippen LogP contribution in [0.2, 0.25) is 0 Å².